The summed E-state index contributed by atoms with van der Waals surface area (Å²) >= 11 is 0. The van der Waals surface area contributed by atoms with Crippen LogP contribution in [0, 0.1) is 0 Å². The summed E-state index contributed by atoms with van der Waals surface area (Å²) in [4.78, 5) is 133. The van der Waals surface area contributed by atoms with Crippen molar-refractivity contribution >= 4 is 59.9 Å². The third-order valence-corrected chi connectivity index (χ3v) is 8.90. The number of imide groups is 3. The zero-order valence-electron chi connectivity index (χ0n) is 32.8. The molecule has 3 N–H and O–H groups in total. The number of alkyl carbamates (subject to hydrolysis) is 1. The van der Waals surface area contributed by atoms with Gasteiger partial charge in [-0.05, 0) is 67.9 Å². The highest BCUT2D eigenvalue weighted by Crippen LogP contribution is 2.25. The van der Waals surface area contributed by atoms with Crippen LogP contribution in [0.5, 0.6) is 0 Å². The maximum atomic E-state index is 13.7. The van der Waals surface area contributed by atoms with Gasteiger partial charge in [0.1, 0.15) is 48.6 Å². The number of carbonyl (C=O) groups excluding carboxylic acids is 10. The van der Waals surface area contributed by atoms with E-state index in [9.17, 15) is 47.9 Å². The van der Waals surface area contributed by atoms with Gasteiger partial charge in [-0.1, -0.05) is 30.3 Å². The molecule has 310 valence electrons. The van der Waals surface area contributed by atoms with Gasteiger partial charge in [-0.3, -0.25) is 24.0 Å². The highest BCUT2D eigenvalue weighted by atomic mass is 16.6. The number of carbonyl (C=O) groups is 10. The van der Waals surface area contributed by atoms with Gasteiger partial charge in [0.2, 0.25) is 11.8 Å². The topological polar surface area (TPSA) is 263 Å². The first kappa shape index (κ1) is 43.4. The third kappa shape index (κ3) is 9.76. The maximum Gasteiger partial charge on any atom is 0.417 e. The Bertz CT molecular complexity index is 1820. The van der Waals surface area contributed by atoms with E-state index in [4.69, 9.17) is 23.7 Å². The second kappa shape index (κ2) is 17.2. The molecule has 9 atom stereocenters. The first-order valence-corrected chi connectivity index (χ1v) is 18.0. The Hall–Kier alpha value is -6.28. The number of hydrogen-bond donors (Lipinski definition) is 3. The lowest BCUT2D eigenvalue weighted by atomic mass is 10.1. The number of hydrogen-bond acceptors (Lipinski definition) is 15. The molecule has 3 aliphatic heterocycles. The second-order valence-electron chi connectivity index (χ2n) is 14.6. The van der Waals surface area contributed by atoms with E-state index in [1.165, 1.54) is 34.6 Å². The van der Waals surface area contributed by atoms with Crippen LogP contribution in [0.25, 0.3) is 0 Å². The summed E-state index contributed by atoms with van der Waals surface area (Å²) in [7, 11) is 0. The van der Waals surface area contributed by atoms with E-state index >= 15 is 0 Å². The Morgan fingerprint density at radius 3 is 1.40 bits per heavy atom. The first-order chi connectivity index (χ1) is 26.5. The molecule has 0 aliphatic carbocycles. The monoisotopic (exact) mass is 802 g/mol. The maximum absolute atomic E-state index is 13.7. The Morgan fingerprint density at radius 1 is 0.632 bits per heavy atom. The zero-order chi connectivity index (χ0) is 42.7. The molecule has 3 heterocycles. The predicted octanol–water partition coefficient (Wildman–Crippen LogP) is 0.860. The predicted molar refractivity (Wildman–Crippen MR) is 190 cm³/mol. The molecular formula is C36H46N6O15. The number of nitrogens with one attached hydrogen (secondary N) is 3. The van der Waals surface area contributed by atoms with Crippen LogP contribution in [0.2, 0.25) is 0 Å². The van der Waals surface area contributed by atoms with Crippen LogP contribution >= 0.6 is 0 Å². The number of nitrogens with zero attached hydrogens (tertiary/aromatic N) is 3. The summed E-state index contributed by atoms with van der Waals surface area (Å²) in [6, 6.07) is -0.639. The summed E-state index contributed by atoms with van der Waals surface area (Å²) in [5.41, 5.74) is -0.258. The molecule has 0 unspecified atom stereocenters. The molecule has 4 rings (SSSR count). The van der Waals surface area contributed by atoms with Crippen molar-refractivity contribution in [1.82, 2.24) is 30.7 Å². The summed E-state index contributed by atoms with van der Waals surface area (Å²) in [5, 5.41) is 6.93. The highest BCUT2D eigenvalue weighted by molar-refractivity contribution is 6.07. The molecular weight excluding hydrogens is 756 g/mol. The van der Waals surface area contributed by atoms with Crippen LogP contribution in [0.4, 0.5) is 19.2 Å². The Balaban J connectivity index is 1.42. The lowest BCUT2D eigenvalue weighted by Gasteiger charge is -2.28. The third-order valence-electron chi connectivity index (χ3n) is 8.90. The van der Waals surface area contributed by atoms with Crippen LogP contribution < -0.4 is 16.0 Å². The Kier molecular flexibility index (Phi) is 13.1. The highest BCUT2D eigenvalue weighted by Gasteiger charge is 2.53. The Labute approximate surface area is 326 Å². The van der Waals surface area contributed by atoms with Crippen molar-refractivity contribution in [3.8, 4) is 0 Å². The van der Waals surface area contributed by atoms with Crippen molar-refractivity contribution in [2.45, 2.75) is 129 Å². The van der Waals surface area contributed by atoms with Crippen molar-refractivity contribution in [2.75, 3.05) is 0 Å². The van der Waals surface area contributed by atoms with Gasteiger partial charge in [0.25, 0.3) is 17.7 Å². The van der Waals surface area contributed by atoms with E-state index in [2.05, 4.69) is 16.0 Å². The minimum atomic E-state index is -1.69. The summed E-state index contributed by atoms with van der Waals surface area (Å²) in [6.07, 6.45) is -8.18. The van der Waals surface area contributed by atoms with Crippen LogP contribution in [0.3, 0.4) is 0 Å². The van der Waals surface area contributed by atoms with E-state index in [0.717, 1.165) is 6.92 Å². The largest absolute Gasteiger partial charge is 0.459 e. The minimum Gasteiger partial charge on any atom is -0.459 e. The number of ether oxygens (including phenoxy) is 5. The van der Waals surface area contributed by atoms with Gasteiger partial charge >= 0.3 is 30.3 Å². The number of esters is 1. The van der Waals surface area contributed by atoms with E-state index in [-0.39, 0.29) is 6.61 Å². The molecule has 21 heteroatoms. The summed E-state index contributed by atoms with van der Waals surface area (Å²) in [5.74, 6) is -6.31. The Morgan fingerprint density at radius 2 is 1.00 bits per heavy atom. The molecule has 3 saturated heterocycles. The van der Waals surface area contributed by atoms with Crippen molar-refractivity contribution in [1.29, 1.82) is 0 Å². The summed E-state index contributed by atoms with van der Waals surface area (Å²) < 4.78 is 25.8. The van der Waals surface area contributed by atoms with Gasteiger partial charge in [-0.25, -0.2) is 38.7 Å². The fourth-order valence-corrected chi connectivity index (χ4v) is 6.16. The molecule has 21 nitrogen and oxygen atoms in total. The van der Waals surface area contributed by atoms with Crippen LogP contribution in [0.15, 0.2) is 30.3 Å². The van der Waals surface area contributed by atoms with Gasteiger partial charge in [0, 0.05) is 0 Å². The SMILES string of the molecule is C[C@H](NC(=O)OC(C)(C)C)C(=O)N1C(=O)O[C@H](C)[C@@H]1C(=O)N[C@@H](C)C(=O)N1C(=O)O[C@H](C)[C@@H]1C(=O)N[C@@H](C)C(=O)N1C(=O)O[C@H](C)[C@@H]1C(=O)OCc1ccccc1. The fourth-order valence-electron chi connectivity index (χ4n) is 6.16. The van der Waals surface area contributed by atoms with Crippen molar-refractivity contribution in [3.63, 3.8) is 0 Å². The molecule has 1 aromatic carbocycles. The smallest absolute Gasteiger partial charge is 0.417 e. The minimum absolute atomic E-state index is 0.157. The standard InChI is InChI=1S/C36H46N6O15/c1-16(37-27(44)24-20(5)55-34(51)41(24)30(47)18(3)39-32(49)57-36(7,8)9)28(45)40-23(19(4)54-33(40)50)26(43)38-17(2)29(46)42-25(21(6)56-35(42)52)31(48)53-15-22-13-11-10-12-14-22/h10-14,16-21,23-25H,15H2,1-9H3,(H,37,44)(H,38,43)(H,39,49)/t16-,17-,18-,19+,20+,21+,23+,24+,25+/m0/s1. The lowest BCUT2D eigenvalue weighted by molar-refractivity contribution is -0.154. The van der Waals surface area contributed by atoms with Gasteiger partial charge in [0.15, 0.2) is 18.1 Å². The quantitative estimate of drug-likeness (QED) is 0.207. The van der Waals surface area contributed by atoms with Crippen molar-refractivity contribution in [3.05, 3.63) is 35.9 Å². The van der Waals surface area contributed by atoms with Crippen LogP contribution in [-0.4, -0.2) is 135 Å². The molecule has 1 aromatic rings. The molecule has 3 aliphatic rings. The molecule has 0 aromatic heterocycles. The molecule has 57 heavy (non-hydrogen) atoms. The molecule has 3 fully saturated rings. The molecule has 0 radical (unpaired) electrons. The van der Waals surface area contributed by atoms with Gasteiger partial charge in [-0.15, -0.1) is 0 Å². The first-order valence-electron chi connectivity index (χ1n) is 18.0. The van der Waals surface area contributed by atoms with Gasteiger partial charge < -0.3 is 39.6 Å². The second-order valence-corrected chi connectivity index (χ2v) is 14.6. The van der Waals surface area contributed by atoms with Gasteiger partial charge in [-0.2, -0.15) is 0 Å². The zero-order valence-corrected chi connectivity index (χ0v) is 32.8. The van der Waals surface area contributed by atoms with Gasteiger partial charge in [0.05, 0.1) is 0 Å². The number of amides is 9. The van der Waals surface area contributed by atoms with Crippen molar-refractivity contribution in [2.24, 2.45) is 0 Å². The molecule has 0 saturated carbocycles. The summed E-state index contributed by atoms with van der Waals surface area (Å²) in [6.45, 7) is 12.2. The fraction of sp³-hybridized carbons (Fsp3) is 0.556. The number of cyclic esters (lactones) is 3. The van der Waals surface area contributed by atoms with Crippen LogP contribution in [-0.2, 0) is 59.1 Å². The normalized spacial score (nSPS) is 24.6. The van der Waals surface area contributed by atoms with E-state index in [1.807, 2.05) is 0 Å². The number of benzene rings is 1. The van der Waals surface area contributed by atoms with E-state index in [1.54, 1.807) is 51.1 Å². The lowest BCUT2D eigenvalue weighted by Crippen LogP contribution is -2.60. The molecule has 9 amide bonds. The molecule has 0 spiro atoms. The number of rotatable bonds is 11. The molecule has 0 bridgehead atoms. The van der Waals surface area contributed by atoms with Crippen LogP contribution in [0.1, 0.15) is 67.9 Å². The average molecular weight is 803 g/mol. The van der Waals surface area contributed by atoms with E-state index in [0.29, 0.717) is 20.3 Å². The van der Waals surface area contributed by atoms with Crippen molar-refractivity contribution < 1.29 is 71.6 Å². The average Bonchev–Trinajstić information content (AvgIpc) is 3.71. The van der Waals surface area contributed by atoms with E-state index < -0.39 is 120 Å².